The van der Waals surface area contributed by atoms with Gasteiger partial charge in [-0.1, -0.05) is 35.4 Å². The first kappa shape index (κ1) is 11.1. The highest BCUT2D eigenvalue weighted by molar-refractivity contribution is 6.47. The Hall–Kier alpha value is -1.00. The lowest BCUT2D eigenvalue weighted by molar-refractivity contribution is -0.148. The molecular formula is C8H6Cl2O4. The number of alkyl halides is 1. The molecule has 0 aromatic carbocycles. The van der Waals surface area contributed by atoms with Gasteiger partial charge in [0.2, 0.25) is 0 Å². The van der Waals surface area contributed by atoms with E-state index < -0.39 is 22.7 Å². The molecule has 0 spiro atoms. The van der Waals surface area contributed by atoms with Crippen LogP contribution >= 0.6 is 23.2 Å². The van der Waals surface area contributed by atoms with Gasteiger partial charge in [-0.15, -0.1) is 0 Å². The number of hydrogen-bond acceptors (Lipinski definition) is 2. The predicted molar refractivity (Wildman–Crippen MR) is 50.4 cm³/mol. The first-order chi connectivity index (χ1) is 6.40. The molecule has 0 amide bonds. The van der Waals surface area contributed by atoms with Crippen LogP contribution in [0.5, 0.6) is 0 Å². The Bertz CT molecular complexity index is 347. The summed E-state index contributed by atoms with van der Waals surface area (Å²) in [4.78, 5) is 19.5. The molecule has 76 valence electrons. The molecule has 2 N–H and O–H groups in total. The van der Waals surface area contributed by atoms with Crippen LogP contribution in [0.2, 0.25) is 0 Å². The quantitative estimate of drug-likeness (QED) is 0.712. The third kappa shape index (κ3) is 1.51. The van der Waals surface area contributed by atoms with Crippen molar-refractivity contribution in [2.24, 2.45) is 5.92 Å². The molecule has 6 heteroatoms. The summed E-state index contributed by atoms with van der Waals surface area (Å²) in [7, 11) is 0. The van der Waals surface area contributed by atoms with Gasteiger partial charge >= 0.3 is 11.9 Å². The zero-order chi connectivity index (χ0) is 10.9. The number of aliphatic carboxylic acids is 2. The van der Waals surface area contributed by atoms with E-state index in [4.69, 9.17) is 33.4 Å². The fourth-order valence-corrected chi connectivity index (χ4v) is 1.64. The van der Waals surface area contributed by atoms with Crippen molar-refractivity contribution in [3.8, 4) is 0 Å². The normalized spacial score (nSPS) is 31.0. The van der Waals surface area contributed by atoms with Gasteiger partial charge in [0.25, 0.3) is 0 Å². The standard InChI is InChI=1S/C8H6Cl2O4/c9-5-3-1-2-4(6(11)12)8(5,10)7(13)14/h1-4H,(H,11,12)(H,13,14). The Balaban J connectivity index is 3.22. The lowest BCUT2D eigenvalue weighted by Gasteiger charge is -2.28. The smallest absolute Gasteiger partial charge is 0.331 e. The third-order valence-electron chi connectivity index (χ3n) is 1.90. The summed E-state index contributed by atoms with van der Waals surface area (Å²) in [5, 5.41) is 17.4. The van der Waals surface area contributed by atoms with E-state index in [1.54, 1.807) is 0 Å². The summed E-state index contributed by atoms with van der Waals surface area (Å²) in [6.45, 7) is 0. The van der Waals surface area contributed by atoms with Crippen LogP contribution in [-0.4, -0.2) is 27.0 Å². The van der Waals surface area contributed by atoms with Gasteiger partial charge in [0.15, 0.2) is 4.87 Å². The highest BCUT2D eigenvalue weighted by Gasteiger charge is 2.51. The summed E-state index contributed by atoms with van der Waals surface area (Å²) in [5.41, 5.74) is 0. The van der Waals surface area contributed by atoms with Crippen molar-refractivity contribution >= 4 is 35.1 Å². The van der Waals surface area contributed by atoms with Crippen molar-refractivity contribution in [2.75, 3.05) is 0 Å². The van der Waals surface area contributed by atoms with Crippen LogP contribution in [0.3, 0.4) is 0 Å². The molecule has 1 rings (SSSR count). The number of halogens is 2. The maximum Gasteiger partial charge on any atom is 0.331 e. The first-order valence-electron chi connectivity index (χ1n) is 3.60. The van der Waals surface area contributed by atoms with Gasteiger partial charge in [0.1, 0.15) is 5.92 Å². The van der Waals surface area contributed by atoms with Crippen LogP contribution in [0.15, 0.2) is 23.3 Å². The molecule has 14 heavy (non-hydrogen) atoms. The number of carboxylic acids is 2. The second kappa shape index (κ2) is 3.63. The molecule has 2 atom stereocenters. The highest BCUT2D eigenvalue weighted by Crippen LogP contribution is 2.39. The Kier molecular flexibility index (Phi) is 2.87. The van der Waals surface area contributed by atoms with Gasteiger partial charge < -0.3 is 10.2 Å². The molecule has 1 aliphatic carbocycles. The van der Waals surface area contributed by atoms with Gasteiger partial charge in [-0.05, 0) is 6.08 Å². The zero-order valence-electron chi connectivity index (χ0n) is 6.78. The molecule has 4 nitrogen and oxygen atoms in total. The van der Waals surface area contributed by atoms with Crippen molar-refractivity contribution in [3.05, 3.63) is 23.3 Å². The Morgan fingerprint density at radius 1 is 1.43 bits per heavy atom. The fourth-order valence-electron chi connectivity index (χ4n) is 1.14. The number of rotatable bonds is 2. The van der Waals surface area contributed by atoms with Gasteiger partial charge in [-0.2, -0.15) is 0 Å². The number of carbonyl (C=O) groups is 2. The summed E-state index contributed by atoms with van der Waals surface area (Å²) < 4.78 is 0. The van der Waals surface area contributed by atoms with Crippen molar-refractivity contribution in [1.29, 1.82) is 0 Å². The van der Waals surface area contributed by atoms with Crippen LogP contribution in [0.25, 0.3) is 0 Å². The van der Waals surface area contributed by atoms with E-state index >= 15 is 0 Å². The van der Waals surface area contributed by atoms with Gasteiger partial charge in [0.05, 0.1) is 5.03 Å². The molecule has 0 aliphatic heterocycles. The van der Waals surface area contributed by atoms with E-state index in [-0.39, 0.29) is 5.03 Å². The summed E-state index contributed by atoms with van der Waals surface area (Å²) in [5.74, 6) is -4.17. The average molecular weight is 237 g/mol. The molecule has 0 aromatic heterocycles. The Labute approximate surface area is 89.4 Å². The van der Waals surface area contributed by atoms with Gasteiger partial charge in [-0.25, -0.2) is 4.79 Å². The van der Waals surface area contributed by atoms with Crippen LogP contribution in [0.4, 0.5) is 0 Å². The maximum absolute atomic E-state index is 10.8. The highest BCUT2D eigenvalue weighted by atomic mass is 35.5. The minimum Gasteiger partial charge on any atom is -0.481 e. The monoisotopic (exact) mass is 236 g/mol. The molecule has 2 unspecified atom stereocenters. The van der Waals surface area contributed by atoms with E-state index in [0.29, 0.717) is 0 Å². The Morgan fingerprint density at radius 3 is 2.36 bits per heavy atom. The van der Waals surface area contributed by atoms with Gasteiger partial charge in [-0.3, -0.25) is 4.79 Å². The second-order valence-electron chi connectivity index (χ2n) is 2.73. The van der Waals surface area contributed by atoms with Crippen LogP contribution in [0.1, 0.15) is 0 Å². The molecule has 0 heterocycles. The number of hydrogen-bond donors (Lipinski definition) is 2. The minimum absolute atomic E-state index is 0.207. The third-order valence-corrected chi connectivity index (χ3v) is 3.02. The summed E-state index contributed by atoms with van der Waals surface area (Å²) in [6, 6.07) is 0. The summed E-state index contributed by atoms with van der Waals surface area (Å²) >= 11 is 11.3. The largest absolute Gasteiger partial charge is 0.481 e. The molecule has 0 radical (unpaired) electrons. The van der Waals surface area contributed by atoms with E-state index in [9.17, 15) is 9.59 Å². The van der Waals surface area contributed by atoms with Crippen LogP contribution in [-0.2, 0) is 9.59 Å². The van der Waals surface area contributed by atoms with Crippen molar-refractivity contribution in [2.45, 2.75) is 4.87 Å². The minimum atomic E-state index is -2.10. The van der Waals surface area contributed by atoms with E-state index in [1.165, 1.54) is 18.2 Å². The second-order valence-corrected chi connectivity index (χ2v) is 3.74. The number of allylic oxidation sites excluding steroid dienone is 2. The van der Waals surface area contributed by atoms with Crippen molar-refractivity contribution < 1.29 is 19.8 Å². The lowest BCUT2D eigenvalue weighted by Crippen LogP contribution is -2.45. The molecule has 0 aromatic rings. The molecular weight excluding hydrogens is 231 g/mol. The predicted octanol–water partition coefficient (Wildman–Crippen LogP) is 1.44. The molecule has 0 fully saturated rings. The zero-order valence-corrected chi connectivity index (χ0v) is 8.29. The average Bonchev–Trinajstić information content (AvgIpc) is 2.08. The van der Waals surface area contributed by atoms with Crippen LogP contribution in [0, 0.1) is 5.92 Å². The SMILES string of the molecule is O=C(O)C1C=CC=C(Cl)C1(Cl)C(=O)O. The van der Waals surface area contributed by atoms with Gasteiger partial charge in [0, 0.05) is 0 Å². The topological polar surface area (TPSA) is 74.6 Å². The van der Waals surface area contributed by atoms with E-state index in [1.807, 2.05) is 0 Å². The summed E-state index contributed by atoms with van der Waals surface area (Å²) in [6.07, 6.45) is 3.82. The molecule has 0 bridgehead atoms. The maximum atomic E-state index is 10.8. The van der Waals surface area contributed by atoms with Crippen molar-refractivity contribution in [1.82, 2.24) is 0 Å². The fraction of sp³-hybridized carbons (Fsp3) is 0.250. The molecule has 0 saturated carbocycles. The molecule has 1 aliphatic rings. The van der Waals surface area contributed by atoms with E-state index in [2.05, 4.69) is 0 Å². The number of carboxylic acid groups (broad SMARTS) is 2. The Morgan fingerprint density at radius 2 is 2.00 bits per heavy atom. The van der Waals surface area contributed by atoms with Crippen LogP contribution < -0.4 is 0 Å². The molecule has 0 saturated heterocycles. The first-order valence-corrected chi connectivity index (χ1v) is 4.36. The van der Waals surface area contributed by atoms with E-state index in [0.717, 1.165) is 0 Å². The lowest BCUT2D eigenvalue weighted by atomic mass is 9.87. The van der Waals surface area contributed by atoms with Crippen molar-refractivity contribution in [3.63, 3.8) is 0 Å².